The molecule has 0 saturated carbocycles. The summed E-state index contributed by atoms with van der Waals surface area (Å²) in [6.45, 7) is 5.25. The second kappa shape index (κ2) is 9.86. The van der Waals surface area contributed by atoms with Gasteiger partial charge in [0.25, 0.3) is 0 Å². The third-order valence-corrected chi connectivity index (χ3v) is 4.81. The number of nitrogens with zero attached hydrogens (tertiary/aromatic N) is 1. The average molecular weight is 367 g/mol. The fourth-order valence-corrected chi connectivity index (χ4v) is 3.27. The highest BCUT2D eigenvalue weighted by Crippen LogP contribution is 2.21. The minimum atomic E-state index is -0.216. The van der Waals surface area contributed by atoms with Gasteiger partial charge in [-0.25, -0.2) is 4.79 Å². The Balaban J connectivity index is 1.38. The van der Waals surface area contributed by atoms with Gasteiger partial charge >= 0.3 is 6.03 Å². The summed E-state index contributed by atoms with van der Waals surface area (Å²) < 4.78 is 5.68. The van der Waals surface area contributed by atoms with Crippen LogP contribution in [0.25, 0.3) is 0 Å². The van der Waals surface area contributed by atoms with Crippen molar-refractivity contribution in [2.45, 2.75) is 32.6 Å². The lowest BCUT2D eigenvalue weighted by atomic mass is 10.1. The number of anilines is 2. The molecule has 1 saturated heterocycles. The Kier molecular flexibility index (Phi) is 6.97. The van der Waals surface area contributed by atoms with E-state index in [1.165, 1.54) is 30.5 Å². The molecule has 2 aromatic carbocycles. The molecule has 3 rings (SSSR count). The summed E-state index contributed by atoms with van der Waals surface area (Å²) in [7, 11) is 0. The SMILES string of the molecule is CCc1cccc(OCCNC(=O)Nc2ccc(N3CCCCC3)cc2)c1. The predicted molar refractivity (Wildman–Crippen MR) is 111 cm³/mol. The molecule has 1 aliphatic rings. The first-order chi connectivity index (χ1) is 13.2. The zero-order chi connectivity index (χ0) is 18.9. The molecule has 0 unspecified atom stereocenters. The molecule has 0 spiro atoms. The number of ether oxygens (including phenoxy) is 1. The minimum Gasteiger partial charge on any atom is -0.492 e. The molecule has 2 N–H and O–H groups in total. The van der Waals surface area contributed by atoms with Gasteiger partial charge in [0.2, 0.25) is 0 Å². The summed E-state index contributed by atoms with van der Waals surface area (Å²) >= 11 is 0. The van der Waals surface area contributed by atoms with Crippen LogP contribution in [0.4, 0.5) is 16.2 Å². The Bertz CT molecular complexity index is 725. The number of piperidine rings is 1. The lowest BCUT2D eigenvalue weighted by molar-refractivity contribution is 0.247. The van der Waals surface area contributed by atoms with Gasteiger partial charge in [-0.3, -0.25) is 0 Å². The number of hydrogen-bond acceptors (Lipinski definition) is 3. The molecule has 1 heterocycles. The van der Waals surface area contributed by atoms with Crippen molar-refractivity contribution in [3.05, 3.63) is 54.1 Å². The molecule has 2 amide bonds. The molecule has 0 aliphatic carbocycles. The number of carbonyl (C=O) groups excluding carboxylic acids is 1. The first-order valence-electron chi connectivity index (χ1n) is 9.86. The summed E-state index contributed by atoms with van der Waals surface area (Å²) in [6.07, 6.45) is 4.82. The minimum absolute atomic E-state index is 0.216. The lowest BCUT2D eigenvalue weighted by Crippen LogP contribution is -2.32. The highest BCUT2D eigenvalue weighted by Gasteiger charge is 2.10. The Morgan fingerprint density at radius 2 is 1.85 bits per heavy atom. The molecule has 1 fully saturated rings. The van der Waals surface area contributed by atoms with E-state index in [0.717, 1.165) is 30.9 Å². The number of aryl methyl sites for hydroxylation is 1. The smallest absolute Gasteiger partial charge is 0.319 e. The molecule has 0 bridgehead atoms. The zero-order valence-corrected chi connectivity index (χ0v) is 16.0. The fraction of sp³-hybridized carbons (Fsp3) is 0.409. The number of rotatable bonds is 7. The van der Waals surface area contributed by atoms with Gasteiger partial charge < -0.3 is 20.3 Å². The first kappa shape index (κ1) is 19.1. The summed E-state index contributed by atoms with van der Waals surface area (Å²) in [5.41, 5.74) is 3.26. The highest BCUT2D eigenvalue weighted by atomic mass is 16.5. The van der Waals surface area contributed by atoms with Crippen LogP contribution >= 0.6 is 0 Å². The Morgan fingerprint density at radius 1 is 1.07 bits per heavy atom. The van der Waals surface area contributed by atoms with Crippen molar-refractivity contribution < 1.29 is 9.53 Å². The number of carbonyl (C=O) groups is 1. The fourth-order valence-electron chi connectivity index (χ4n) is 3.27. The third-order valence-electron chi connectivity index (χ3n) is 4.81. The maximum Gasteiger partial charge on any atom is 0.319 e. The van der Waals surface area contributed by atoms with Gasteiger partial charge in [0.15, 0.2) is 0 Å². The van der Waals surface area contributed by atoms with Crippen molar-refractivity contribution >= 4 is 17.4 Å². The topological polar surface area (TPSA) is 53.6 Å². The van der Waals surface area contributed by atoms with Crippen LogP contribution in [0.1, 0.15) is 31.7 Å². The van der Waals surface area contributed by atoms with Crippen molar-refractivity contribution in [2.24, 2.45) is 0 Å². The van der Waals surface area contributed by atoms with E-state index in [2.05, 4.69) is 40.7 Å². The van der Waals surface area contributed by atoms with Crippen molar-refractivity contribution in [2.75, 3.05) is 36.5 Å². The second-order valence-corrected chi connectivity index (χ2v) is 6.82. The van der Waals surface area contributed by atoms with E-state index in [9.17, 15) is 4.79 Å². The third kappa shape index (κ3) is 5.91. The van der Waals surface area contributed by atoms with E-state index in [1.54, 1.807) is 0 Å². The molecule has 27 heavy (non-hydrogen) atoms. The van der Waals surface area contributed by atoms with Gasteiger partial charge in [-0.05, 0) is 67.6 Å². The average Bonchev–Trinajstić information content (AvgIpc) is 2.72. The normalized spacial score (nSPS) is 13.9. The van der Waals surface area contributed by atoms with Crippen molar-refractivity contribution in [3.63, 3.8) is 0 Å². The van der Waals surface area contributed by atoms with Crippen LogP contribution in [0, 0.1) is 0 Å². The van der Waals surface area contributed by atoms with E-state index in [1.807, 2.05) is 30.3 Å². The lowest BCUT2D eigenvalue weighted by Gasteiger charge is -2.28. The number of urea groups is 1. The summed E-state index contributed by atoms with van der Waals surface area (Å²) in [5.74, 6) is 0.838. The van der Waals surface area contributed by atoms with Gasteiger partial charge in [-0.1, -0.05) is 19.1 Å². The van der Waals surface area contributed by atoms with Crippen molar-refractivity contribution in [1.82, 2.24) is 5.32 Å². The zero-order valence-electron chi connectivity index (χ0n) is 16.0. The maximum atomic E-state index is 12.0. The van der Waals surface area contributed by atoms with E-state index < -0.39 is 0 Å². The van der Waals surface area contributed by atoms with Crippen LogP contribution in [0.5, 0.6) is 5.75 Å². The first-order valence-corrected chi connectivity index (χ1v) is 9.86. The molecule has 1 aliphatic heterocycles. The molecule has 5 nitrogen and oxygen atoms in total. The van der Waals surface area contributed by atoms with Gasteiger partial charge in [0.1, 0.15) is 12.4 Å². The Hall–Kier alpha value is -2.69. The summed E-state index contributed by atoms with van der Waals surface area (Å²) in [6, 6.07) is 15.9. The second-order valence-electron chi connectivity index (χ2n) is 6.82. The van der Waals surface area contributed by atoms with Gasteiger partial charge in [0, 0.05) is 24.5 Å². The van der Waals surface area contributed by atoms with Gasteiger partial charge in [-0.2, -0.15) is 0 Å². The molecule has 0 atom stereocenters. The predicted octanol–water partition coefficient (Wildman–Crippen LogP) is 4.44. The number of benzene rings is 2. The monoisotopic (exact) mass is 367 g/mol. The van der Waals surface area contributed by atoms with Gasteiger partial charge in [0.05, 0.1) is 6.54 Å². The molecular formula is C22H29N3O2. The van der Waals surface area contributed by atoms with Crippen LogP contribution in [-0.4, -0.2) is 32.3 Å². The quantitative estimate of drug-likeness (QED) is 0.712. The largest absolute Gasteiger partial charge is 0.492 e. The van der Waals surface area contributed by atoms with E-state index in [4.69, 9.17) is 4.74 Å². The molecular weight excluding hydrogens is 338 g/mol. The number of amides is 2. The van der Waals surface area contributed by atoms with Gasteiger partial charge in [-0.15, -0.1) is 0 Å². The van der Waals surface area contributed by atoms with Crippen molar-refractivity contribution in [1.29, 1.82) is 0 Å². The standard InChI is InChI=1S/C22H29N3O2/c1-2-18-7-6-8-21(17-18)27-16-13-23-22(26)24-19-9-11-20(12-10-19)25-14-4-3-5-15-25/h6-12,17H,2-5,13-16H2,1H3,(H2,23,24,26). The molecule has 144 valence electrons. The van der Waals surface area contributed by atoms with Crippen LogP contribution in [-0.2, 0) is 6.42 Å². The maximum absolute atomic E-state index is 12.0. The summed E-state index contributed by atoms with van der Waals surface area (Å²) in [4.78, 5) is 14.4. The van der Waals surface area contributed by atoms with E-state index >= 15 is 0 Å². The molecule has 2 aromatic rings. The van der Waals surface area contributed by atoms with E-state index in [0.29, 0.717) is 13.2 Å². The van der Waals surface area contributed by atoms with Crippen LogP contribution < -0.4 is 20.3 Å². The van der Waals surface area contributed by atoms with Crippen molar-refractivity contribution in [3.8, 4) is 5.75 Å². The van der Waals surface area contributed by atoms with Crippen LogP contribution in [0.2, 0.25) is 0 Å². The Labute approximate surface area is 161 Å². The number of hydrogen-bond donors (Lipinski definition) is 2. The van der Waals surface area contributed by atoms with Crippen LogP contribution in [0.15, 0.2) is 48.5 Å². The number of nitrogens with one attached hydrogen (secondary N) is 2. The Morgan fingerprint density at radius 3 is 2.59 bits per heavy atom. The molecule has 0 aromatic heterocycles. The molecule has 5 heteroatoms. The van der Waals surface area contributed by atoms with E-state index in [-0.39, 0.29) is 6.03 Å². The summed E-state index contributed by atoms with van der Waals surface area (Å²) in [5, 5.41) is 5.69. The van der Waals surface area contributed by atoms with Crippen LogP contribution in [0.3, 0.4) is 0 Å². The highest BCUT2D eigenvalue weighted by molar-refractivity contribution is 5.89. The molecule has 0 radical (unpaired) electrons.